The summed E-state index contributed by atoms with van der Waals surface area (Å²) in [7, 11) is 0. The van der Waals surface area contributed by atoms with Gasteiger partial charge in [-0.1, -0.05) is 24.3 Å². The Hall–Kier alpha value is -2.36. The molecule has 0 spiro atoms. The van der Waals surface area contributed by atoms with Crippen LogP contribution in [0.1, 0.15) is 34.5 Å². The van der Waals surface area contributed by atoms with Gasteiger partial charge in [-0.2, -0.15) is 0 Å². The van der Waals surface area contributed by atoms with Gasteiger partial charge in [-0.05, 0) is 37.1 Å². The molecular formula is C15H16N2O2. The first-order valence-corrected chi connectivity index (χ1v) is 6.13. The van der Waals surface area contributed by atoms with Gasteiger partial charge in [0.15, 0.2) is 0 Å². The molecule has 0 unspecified atom stereocenters. The van der Waals surface area contributed by atoms with Gasteiger partial charge in [0.2, 0.25) is 0 Å². The SMILES string of the molecule is Cc1ccccc1[C@H](C)NC(=O)c1ccc[nH]c1=O. The number of carbonyl (C=O) groups excluding carboxylic acids is 1. The highest BCUT2D eigenvalue weighted by atomic mass is 16.2. The van der Waals surface area contributed by atoms with Gasteiger partial charge in [-0.15, -0.1) is 0 Å². The van der Waals surface area contributed by atoms with Crippen molar-refractivity contribution in [1.82, 2.24) is 10.3 Å². The van der Waals surface area contributed by atoms with Gasteiger partial charge in [0.25, 0.3) is 11.5 Å². The molecule has 0 saturated heterocycles. The molecule has 2 aromatic rings. The van der Waals surface area contributed by atoms with Crippen LogP contribution >= 0.6 is 0 Å². The number of nitrogens with one attached hydrogen (secondary N) is 2. The second-order valence-corrected chi connectivity index (χ2v) is 4.46. The topological polar surface area (TPSA) is 62.0 Å². The normalized spacial score (nSPS) is 11.9. The smallest absolute Gasteiger partial charge is 0.260 e. The van der Waals surface area contributed by atoms with Crippen molar-refractivity contribution in [2.75, 3.05) is 0 Å². The van der Waals surface area contributed by atoms with E-state index in [0.29, 0.717) is 0 Å². The molecule has 1 heterocycles. The fourth-order valence-corrected chi connectivity index (χ4v) is 2.03. The van der Waals surface area contributed by atoms with Crippen molar-refractivity contribution in [3.63, 3.8) is 0 Å². The predicted molar refractivity (Wildman–Crippen MR) is 74.1 cm³/mol. The minimum Gasteiger partial charge on any atom is -0.345 e. The third kappa shape index (κ3) is 2.91. The second-order valence-electron chi connectivity index (χ2n) is 4.46. The van der Waals surface area contributed by atoms with Gasteiger partial charge >= 0.3 is 0 Å². The molecule has 0 aliphatic heterocycles. The number of H-pyrrole nitrogens is 1. The lowest BCUT2D eigenvalue weighted by molar-refractivity contribution is 0.0938. The summed E-state index contributed by atoms with van der Waals surface area (Å²) in [6, 6.07) is 10.8. The summed E-state index contributed by atoms with van der Waals surface area (Å²) in [6.07, 6.45) is 1.50. The van der Waals surface area contributed by atoms with Crippen LogP contribution in [0.4, 0.5) is 0 Å². The zero-order chi connectivity index (χ0) is 13.8. The molecule has 1 aromatic carbocycles. The van der Waals surface area contributed by atoms with E-state index in [9.17, 15) is 9.59 Å². The highest BCUT2D eigenvalue weighted by Crippen LogP contribution is 2.16. The molecule has 2 N–H and O–H groups in total. The molecule has 0 saturated carbocycles. The zero-order valence-electron chi connectivity index (χ0n) is 10.9. The number of carbonyl (C=O) groups is 1. The van der Waals surface area contributed by atoms with Crippen molar-refractivity contribution in [3.05, 3.63) is 69.6 Å². The largest absolute Gasteiger partial charge is 0.345 e. The number of rotatable bonds is 3. The molecule has 0 aliphatic rings. The summed E-state index contributed by atoms with van der Waals surface area (Å²) in [4.78, 5) is 26.0. The van der Waals surface area contributed by atoms with Crippen molar-refractivity contribution >= 4 is 5.91 Å². The molecule has 0 fully saturated rings. The first kappa shape index (κ1) is 13.1. The van der Waals surface area contributed by atoms with E-state index in [4.69, 9.17) is 0 Å². The van der Waals surface area contributed by atoms with Crippen LogP contribution in [0.2, 0.25) is 0 Å². The number of amides is 1. The van der Waals surface area contributed by atoms with Crippen LogP contribution < -0.4 is 10.9 Å². The minimum atomic E-state index is -0.378. The molecule has 0 bridgehead atoms. The monoisotopic (exact) mass is 256 g/mol. The van der Waals surface area contributed by atoms with Crippen molar-refractivity contribution in [2.24, 2.45) is 0 Å². The Labute approximate surface area is 111 Å². The van der Waals surface area contributed by atoms with Crippen LogP contribution in [-0.4, -0.2) is 10.9 Å². The first-order chi connectivity index (χ1) is 9.09. The number of hydrogen-bond acceptors (Lipinski definition) is 2. The summed E-state index contributed by atoms with van der Waals surface area (Å²) in [5, 5.41) is 2.84. The van der Waals surface area contributed by atoms with Gasteiger partial charge in [0, 0.05) is 6.20 Å². The summed E-state index contributed by atoms with van der Waals surface area (Å²) in [5.41, 5.74) is 1.90. The Morgan fingerprint density at radius 3 is 2.63 bits per heavy atom. The third-order valence-corrected chi connectivity index (χ3v) is 3.07. The summed E-state index contributed by atoms with van der Waals surface area (Å²) in [5.74, 6) is -0.363. The van der Waals surface area contributed by atoms with Gasteiger partial charge < -0.3 is 10.3 Å². The molecule has 4 nitrogen and oxygen atoms in total. The lowest BCUT2D eigenvalue weighted by Crippen LogP contribution is -2.31. The maximum Gasteiger partial charge on any atom is 0.260 e. The summed E-state index contributed by atoms with van der Waals surface area (Å²) >= 11 is 0. The van der Waals surface area contributed by atoms with Crippen molar-refractivity contribution in [3.8, 4) is 0 Å². The van der Waals surface area contributed by atoms with Crippen LogP contribution in [0.3, 0.4) is 0 Å². The molecule has 1 aromatic heterocycles. The number of pyridine rings is 1. The minimum absolute atomic E-state index is 0.128. The molecule has 2 rings (SSSR count). The number of aryl methyl sites for hydroxylation is 1. The van der Waals surface area contributed by atoms with Gasteiger partial charge in [0.1, 0.15) is 5.56 Å². The Morgan fingerprint density at radius 1 is 1.21 bits per heavy atom. The number of aromatic amines is 1. The lowest BCUT2D eigenvalue weighted by Gasteiger charge is -2.16. The van der Waals surface area contributed by atoms with E-state index in [2.05, 4.69) is 10.3 Å². The van der Waals surface area contributed by atoms with Crippen LogP contribution in [0.15, 0.2) is 47.4 Å². The van der Waals surface area contributed by atoms with Gasteiger partial charge in [-0.25, -0.2) is 0 Å². The average molecular weight is 256 g/mol. The summed E-state index contributed by atoms with van der Waals surface area (Å²) < 4.78 is 0. The van der Waals surface area contributed by atoms with E-state index >= 15 is 0 Å². The second kappa shape index (κ2) is 5.52. The number of benzene rings is 1. The molecule has 1 atom stereocenters. The van der Waals surface area contributed by atoms with E-state index in [1.165, 1.54) is 12.3 Å². The van der Waals surface area contributed by atoms with Crippen LogP contribution in [-0.2, 0) is 0 Å². The fourth-order valence-electron chi connectivity index (χ4n) is 2.03. The maximum atomic E-state index is 12.0. The van der Waals surface area contributed by atoms with Gasteiger partial charge in [0.05, 0.1) is 6.04 Å². The van der Waals surface area contributed by atoms with Crippen LogP contribution in [0.5, 0.6) is 0 Å². The Balaban J connectivity index is 2.18. The first-order valence-electron chi connectivity index (χ1n) is 6.13. The van der Waals surface area contributed by atoms with E-state index in [0.717, 1.165) is 11.1 Å². The number of hydrogen-bond donors (Lipinski definition) is 2. The quantitative estimate of drug-likeness (QED) is 0.884. The Kier molecular flexibility index (Phi) is 3.80. The van der Waals surface area contributed by atoms with Crippen molar-refractivity contribution in [2.45, 2.75) is 19.9 Å². The molecule has 98 valence electrons. The fraction of sp³-hybridized carbons (Fsp3) is 0.200. The van der Waals surface area contributed by atoms with Gasteiger partial charge in [-0.3, -0.25) is 9.59 Å². The van der Waals surface area contributed by atoms with Crippen molar-refractivity contribution in [1.29, 1.82) is 0 Å². The van der Waals surface area contributed by atoms with E-state index in [-0.39, 0.29) is 23.1 Å². The van der Waals surface area contributed by atoms with Crippen LogP contribution in [0, 0.1) is 6.92 Å². The molecule has 4 heteroatoms. The Morgan fingerprint density at radius 2 is 1.95 bits per heavy atom. The lowest BCUT2D eigenvalue weighted by atomic mass is 10.0. The maximum absolute atomic E-state index is 12.0. The zero-order valence-corrected chi connectivity index (χ0v) is 10.9. The van der Waals surface area contributed by atoms with E-state index in [1.54, 1.807) is 6.07 Å². The molecule has 0 radical (unpaired) electrons. The number of aromatic nitrogens is 1. The molecule has 19 heavy (non-hydrogen) atoms. The summed E-state index contributed by atoms with van der Waals surface area (Å²) in [6.45, 7) is 3.89. The highest BCUT2D eigenvalue weighted by molar-refractivity contribution is 5.94. The average Bonchev–Trinajstić information content (AvgIpc) is 2.39. The predicted octanol–water partition coefficient (Wildman–Crippen LogP) is 2.17. The van der Waals surface area contributed by atoms with Crippen molar-refractivity contribution < 1.29 is 4.79 Å². The van der Waals surface area contributed by atoms with Crippen LogP contribution in [0.25, 0.3) is 0 Å². The molecular weight excluding hydrogens is 240 g/mol. The standard InChI is InChI=1S/C15H16N2O2/c1-10-6-3-4-7-12(10)11(2)17-15(19)13-8-5-9-16-14(13)18/h3-9,11H,1-2H3,(H,16,18)(H,17,19)/t11-/m0/s1. The highest BCUT2D eigenvalue weighted by Gasteiger charge is 2.14. The van der Waals surface area contributed by atoms with E-state index < -0.39 is 0 Å². The molecule has 1 amide bonds. The van der Waals surface area contributed by atoms with E-state index in [1.807, 2.05) is 38.1 Å². The molecule has 0 aliphatic carbocycles. The Bertz CT molecular complexity index is 646. The third-order valence-electron chi connectivity index (χ3n) is 3.07.